The molecule has 0 heterocycles. The first-order valence-electron chi connectivity index (χ1n) is 36.5. The molecule has 0 bridgehead atoms. The third kappa shape index (κ3) is 32.6. The fourth-order valence-electron chi connectivity index (χ4n) is 11.7. The van der Waals surface area contributed by atoms with Gasteiger partial charge in [-0.15, -0.1) is 0 Å². The van der Waals surface area contributed by atoms with E-state index in [9.17, 15) is 41.5 Å². The summed E-state index contributed by atoms with van der Waals surface area (Å²) in [6.07, 6.45) is 16.4. The summed E-state index contributed by atoms with van der Waals surface area (Å²) in [7, 11) is 4.27. The molecule has 0 aromatic heterocycles. The largest absolute Gasteiger partial charge is 0.466 e. The summed E-state index contributed by atoms with van der Waals surface area (Å²) in [4.78, 5) is 57.9. The predicted molar refractivity (Wildman–Crippen MR) is 398 cm³/mol. The van der Waals surface area contributed by atoms with Gasteiger partial charge >= 0.3 is 36.1 Å². The number of hydrogen-bond donors (Lipinski definition) is 0. The van der Waals surface area contributed by atoms with Crippen LogP contribution in [0.15, 0.2) is 164 Å². The Bertz CT molecular complexity index is 3220. The van der Waals surface area contributed by atoms with E-state index in [4.69, 9.17) is 33.2 Å². The highest BCUT2D eigenvalue weighted by Crippen LogP contribution is 2.43. The second-order valence-corrected chi connectivity index (χ2v) is 25.6. The predicted octanol–water partition coefficient (Wildman–Crippen LogP) is 22.0. The molecule has 0 unspecified atom stereocenters. The van der Waals surface area contributed by atoms with Gasteiger partial charge in [-0.2, -0.15) is 17.6 Å². The number of esters is 4. The summed E-state index contributed by atoms with van der Waals surface area (Å²) in [5.41, 5.74) is 3.82. The fraction of sp³-hybridized carbons (Fsp3) is 0.518. The van der Waals surface area contributed by atoms with Crippen LogP contribution >= 0.6 is 0 Å². The van der Waals surface area contributed by atoms with Crippen LogP contribution in [-0.2, 0) is 72.0 Å². The number of benzene rings is 5. The van der Waals surface area contributed by atoms with Gasteiger partial charge in [0.2, 0.25) is 5.78 Å². The molecule has 17 heteroatoms. The Labute approximate surface area is 607 Å². The van der Waals surface area contributed by atoms with E-state index in [0.717, 1.165) is 99.5 Å². The van der Waals surface area contributed by atoms with Crippen molar-refractivity contribution in [1.82, 2.24) is 0 Å². The molecule has 564 valence electrons. The van der Waals surface area contributed by atoms with E-state index in [2.05, 4.69) is 31.4 Å². The van der Waals surface area contributed by atoms with Gasteiger partial charge in [0, 0.05) is 42.1 Å². The van der Waals surface area contributed by atoms with E-state index in [1.807, 2.05) is 76.2 Å². The lowest BCUT2D eigenvalue weighted by atomic mass is 9.68. The van der Waals surface area contributed by atoms with Crippen molar-refractivity contribution in [3.05, 3.63) is 203 Å². The van der Waals surface area contributed by atoms with E-state index in [1.54, 1.807) is 64.1 Å². The van der Waals surface area contributed by atoms with Gasteiger partial charge in [-0.1, -0.05) is 196 Å². The minimum absolute atomic E-state index is 0.0264. The SMILES string of the molecule is C=C(C)C(=O)OC.C=C(C)C(=O)OCCCCCCOC(=O)C1CCC(C2CCC(CCCCC)CC2)CC1.C=C(C)C(=O)OCCCCCCc1ccc(C(F)(F)Oc2ccc(OC(F)(F)c3ccc(C)cc3)cc2C)cc1.CC.CC.COC(OC)(C(=O)c1ccccc1)c1ccccc1. The first kappa shape index (κ1) is 90.2. The quantitative estimate of drug-likeness (QED) is 0.00729. The number of Topliss-reactive ketones (excluding diaryl/α,β-unsaturated/α-hetero) is 1. The maximum absolute atomic E-state index is 14.9. The van der Waals surface area contributed by atoms with Gasteiger partial charge in [0.15, 0.2) is 0 Å². The van der Waals surface area contributed by atoms with Crippen LogP contribution in [0.25, 0.3) is 0 Å². The highest BCUT2D eigenvalue weighted by atomic mass is 19.3. The Kier molecular flexibility index (Phi) is 43.9. The smallest absolute Gasteiger partial charge is 0.426 e. The first-order valence-corrected chi connectivity index (χ1v) is 36.5. The number of carbonyl (C=O) groups is 5. The number of halogens is 4. The zero-order valence-electron chi connectivity index (χ0n) is 63.3. The number of carbonyl (C=O) groups excluding carboxylic acids is 5. The highest BCUT2D eigenvalue weighted by Gasteiger charge is 2.42. The van der Waals surface area contributed by atoms with Gasteiger partial charge in [-0.25, -0.2) is 14.4 Å². The molecule has 2 aliphatic rings. The summed E-state index contributed by atoms with van der Waals surface area (Å²) in [6, 6.07) is 33.4. The van der Waals surface area contributed by atoms with Crippen molar-refractivity contribution < 1.29 is 79.4 Å². The van der Waals surface area contributed by atoms with Crippen molar-refractivity contribution in [2.45, 2.75) is 222 Å². The van der Waals surface area contributed by atoms with Gasteiger partial charge in [-0.05, 0) is 189 Å². The van der Waals surface area contributed by atoms with E-state index in [1.165, 1.54) is 135 Å². The Morgan fingerprint density at radius 3 is 1.38 bits per heavy atom. The Morgan fingerprint density at radius 2 is 0.931 bits per heavy atom. The number of aryl methyl sites for hydroxylation is 3. The number of ether oxygens (including phenoxy) is 8. The van der Waals surface area contributed by atoms with Crippen LogP contribution in [0, 0.1) is 37.5 Å². The van der Waals surface area contributed by atoms with Crippen LogP contribution in [0.2, 0.25) is 0 Å². The van der Waals surface area contributed by atoms with Gasteiger partial charge in [-0.3, -0.25) is 9.59 Å². The number of hydrogen-bond acceptors (Lipinski definition) is 13. The molecule has 0 aliphatic heterocycles. The summed E-state index contributed by atoms with van der Waals surface area (Å²) in [5, 5.41) is 0. The van der Waals surface area contributed by atoms with Crippen molar-refractivity contribution in [2.75, 3.05) is 41.2 Å². The lowest BCUT2D eigenvalue weighted by Gasteiger charge is -2.37. The maximum atomic E-state index is 14.9. The Balaban J connectivity index is 0.000000506. The van der Waals surface area contributed by atoms with Crippen LogP contribution in [-0.4, -0.2) is 70.8 Å². The monoisotopic (exact) mass is 1420 g/mol. The fourth-order valence-corrected chi connectivity index (χ4v) is 11.7. The number of methoxy groups -OCH3 is 3. The number of ketones is 1. The third-order valence-electron chi connectivity index (χ3n) is 17.6. The topological polar surface area (TPSA) is 159 Å². The molecular weight excluding hydrogens is 1300 g/mol. The molecule has 7 rings (SSSR count). The molecule has 5 aromatic carbocycles. The number of alkyl halides is 4. The van der Waals surface area contributed by atoms with Crippen LogP contribution in [0.4, 0.5) is 17.6 Å². The van der Waals surface area contributed by atoms with Crippen LogP contribution < -0.4 is 9.47 Å². The summed E-state index contributed by atoms with van der Waals surface area (Å²) in [6.45, 7) is 30.2. The normalized spacial score (nSPS) is 15.4. The molecule has 2 aliphatic carbocycles. The zero-order valence-corrected chi connectivity index (χ0v) is 63.3. The van der Waals surface area contributed by atoms with E-state index >= 15 is 0 Å². The van der Waals surface area contributed by atoms with Crippen molar-refractivity contribution in [1.29, 1.82) is 0 Å². The number of unbranched alkanes of at least 4 members (excludes halogenated alkanes) is 8. The van der Waals surface area contributed by atoms with Gasteiger partial charge < -0.3 is 37.9 Å². The molecule has 13 nitrogen and oxygen atoms in total. The van der Waals surface area contributed by atoms with Gasteiger partial charge in [0.1, 0.15) is 11.5 Å². The Hall–Kier alpha value is -7.89. The van der Waals surface area contributed by atoms with Crippen molar-refractivity contribution in [2.24, 2.45) is 23.7 Å². The van der Waals surface area contributed by atoms with Crippen molar-refractivity contribution in [3.63, 3.8) is 0 Å². The van der Waals surface area contributed by atoms with Gasteiger partial charge in [0.25, 0.3) is 5.79 Å². The molecule has 5 aromatic rings. The Morgan fingerprint density at radius 1 is 0.480 bits per heavy atom. The van der Waals surface area contributed by atoms with Crippen LogP contribution in [0.3, 0.4) is 0 Å². The molecule has 0 atom stereocenters. The minimum atomic E-state index is -3.63. The second kappa shape index (κ2) is 49.7. The molecule has 0 N–H and O–H groups in total. The van der Waals surface area contributed by atoms with E-state index < -0.39 is 18.0 Å². The molecule has 2 saturated carbocycles. The average Bonchev–Trinajstić information content (AvgIpc) is 0.795. The van der Waals surface area contributed by atoms with Crippen LogP contribution in [0.1, 0.15) is 228 Å². The molecule has 0 spiro atoms. The van der Waals surface area contributed by atoms with Crippen molar-refractivity contribution in [3.8, 4) is 11.5 Å². The molecule has 0 amide bonds. The highest BCUT2D eigenvalue weighted by molar-refractivity contribution is 6.02. The first-order chi connectivity index (χ1) is 48.8. The summed E-state index contributed by atoms with van der Waals surface area (Å²) in [5.74, 6) is -0.104. The molecule has 102 heavy (non-hydrogen) atoms. The van der Waals surface area contributed by atoms with E-state index in [0.29, 0.717) is 47.7 Å². The lowest BCUT2D eigenvalue weighted by molar-refractivity contribution is -0.188. The lowest BCUT2D eigenvalue weighted by Crippen LogP contribution is -2.39. The van der Waals surface area contributed by atoms with E-state index in [-0.39, 0.29) is 63.8 Å². The van der Waals surface area contributed by atoms with Crippen molar-refractivity contribution >= 4 is 29.7 Å². The molecular formula is C85H118F4O13. The molecule has 0 saturated heterocycles. The van der Waals surface area contributed by atoms with Gasteiger partial charge in [0.05, 0.1) is 44.0 Å². The second-order valence-electron chi connectivity index (χ2n) is 25.6. The number of rotatable bonds is 34. The average molecular weight is 1420 g/mol. The summed E-state index contributed by atoms with van der Waals surface area (Å²) < 4.78 is 99.5. The molecule has 2 fully saturated rings. The third-order valence-corrected chi connectivity index (χ3v) is 17.6. The maximum Gasteiger partial charge on any atom is 0.426 e. The summed E-state index contributed by atoms with van der Waals surface area (Å²) >= 11 is 0. The molecule has 0 radical (unpaired) electrons. The standard InChI is InChI=1S/C32H34F4O4.C28H48O4.C16H16O3.C5H8O2.2C2H6/c1-22(2)30(37)38-20-8-6-5-7-9-25-12-16-27(17-13-25)32(35,36)40-29-19-18-28(21-24(29)4)39-31(33,34)26-14-10-23(3)11-15-26;1-4-5-8-11-23-12-14-24(15-13-23)25-16-18-26(19-17-25)28(30)32-21-10-7-6-9-20-31-27(29)22(2)3;1-18-16(19-2,14-11-7-4-8-12-14)15(17)13-9-5-3-6-10-13;1-4(2)5(6)7-3;2*1-2/h10-19,21H,1,5-9,20H2,2-4H3;23-26H,2,4-21H2,1,3H3;3-12H,1-2H3;1H2,2-3H3;2*1-2H3. The van der Waals surface area contributed by atoms with Crippen LogP contribution in [0.5, 0.6) is 11.5 Å². The minimum Gasteiger partial charge on any atom is -0.466 e. The zero-order chi connectivity index (χ0) is 76.1.